The fraction of sp³-hybridized carbons (Fsp3) is 0.222. The maximum atomic E-state index is 11.8. The van der Waals surface area contributed by atoms with E-state index < -0.39 is 6.03 Å². The second kappa shape index (κ2) is 7.45. The lowest BCUT2D eigenvalue weighted by Crippen LogP contribution is -2.32. The van der Waals surface area contributed by atoms with E-state index in [1.165, 1.54) is 6.92 Å². The zero-order valence-electron chi connectivity index (χ0n) is 13.5. The highest BCUT2D eigenvalue weighted by molar-refractivity contribution is 5.96. The number of benzene rings is 2. The first-order valence-electron chi connectivity index (χ1n) is 7.31. The molecule has 0 aliphatic rings. The molecule has 0 aliphatic heterocycles. The Morgan fingerprint density at radius 1 is 1.09 bits per heavy atom. The van der Waals surface area contributed by atoms with Gasteiger partial charge >= 0.3 is 6.03 Å². The van der Waals surface area contributed by atoms with Crippen molar-refractivity contribution < 1.29 is 14.3 Å². The van der Waals surface area contributed by atoms with Crippen LogP contribution in [0.3, 0.4) is 0 Å². The average molecular weight is 312 g/mol. The monoisotopic (exact) mass is 312 g/mol. The van der Waals surface area contributed by atoms with Crippen molar-refractivity contribution in [2.24, 2.45) is 0 Å². The molecule has 0 spiro atoms. The van der Waals surface area contributed by atoms with Gasteiger partial charge in [0.1, 0.15) is 5.75 Å². The lowest BCUT2D eigenvalue weighted by Gasteiger charge is -2.11. The van der Waals surface area contributed by atoms with Crippen LogP contribution in [-0.4, -0.2) is 18.5 Å². The summed E-state index contributed by atoms with van der Waals surface area (Å²) in [5, 5.41) is 5.28. The van der Waals surface area contributed by atoms with E-state index in [0.717, 1.165) is 16.9 Å². The lowest BCUT2D eigenvalue weighted by molar-refractivity contribution is 0.101. The molecule has 0 unspecified atom stereocenters. The van der Waals surface area contributed by atoms with Gasteiger partial charge in [-0.25, -0.2) is 4.79 Å². The number of anilines is 1. The summed E-state index contributed by atoms with van der Waals surface area (Å²) in [5.74, 6) is 0.682. The molecule has 5 nitrogen and oxygen atoms in total. The van der Waals surface area contributed by atoms with E-state index >= 15 is 0 Å². The number of ether oxygens (including phenoxy) is 1. The smallest absolute Gasteiger partial charge is 0.321 e. The molecule has 0 saturated carbocycles. The van der Waals surface area contributed by atoms with Crippen molar-refractivity contribution in [2.75, 3.05) is 12.0 Å². The van der Waals surface area contributed by atoms with Gasteiger partial charge < -0.3 is 15.4 Å². The number of amides is 2. The molecular weight excluding hydrogens is 292 g/mol. The molecule has 0 fully saturated rings. The molecule has 2 amide bonds. The Balaban J connectivity index is 1.85. The molecule has 2 rings (SSSR count). The number of hydrogen-bond donors (Lipinski definition) is 2. The van der Waals surface area contributed by atoms with E-state index in [9.17, 15) is 9.59 Å². The third-order valence-electron chi connectivity index (χ3n) is 3.32. The fourth-order valence-corrected chi connectivity index (χ4v) is 2.13. The number of hydrogen-bond acceptors (Lipinski definition) is 3. The molecule has 2 aromatic carbocycles. The summed E-state index contributed by atoms with van der Waals surface area (Å²) in [4.78, 5) is 23.2. The summed E-state index contributed by atoms with van der Waals surface area (Å²) in [6.45, 7) is 5.51. The minimum atomic E-state index is -0.393. The Hall–Kier alpha value is -2.82. The molecule has 2 N–H and O–H groups in total. The highest BCUT2D eigenvalue weighted by Gasteiger charge is 2.05. The van der Waals surface area contributed by atoms with Gasteiger partial charge in [0.2, 0.25) is 0 Å². The molecular formula is C18H20N2O3. The highest BCUT2D eigenvalue weighted by atomic mass is 16.5. The SMILES string of the molecule is CC(=O)c1cccc(NC(=O)NCOc2ccc(C)cc2C)c1. The minimum Gasteiger partial charge on any atom is -0.473 e. The summed E-state index contributed by atoms with van der Waals surface area (Å²) in [7, 11) is 0. The summed E-state index contributed by atoms with van der Waals surface area (Å²) in [6, 6.07) is 12.2. The molecule has 0 saturated heterocycles. The maximum absolute atomic E-state index is 11.8. The van der Waals surface area contributed by atoms with Crippen LogP contribution >= 0.6 is 0 Å². The van der Waals surface area contributed by atoms with E-state index in [0.29, 0.717) is 11.3 Å². The van der Waals surface area contributed by atoms with Crippen molar-refractivity contribution in [3.63, 3.8) is 0 Å². The van der Waals surface area contributed by atoms with Crippen molar-refractivity contribution in [1.82, 2.24) is 5.32 Å². The van der Waals surface area contributed by atoms with Crippen molar-refractivity contribution >= 4 is 17.5 Å². The second-order valence-electron chi connectivity index (χ2n) is 5.33. The van der Waals surface area contributed by atoms with Crippen LogP contribution in [0.1, 0.15) is 28.4 Å². The largest absolute Gasteiger partial charge is 0.473 e. The number of urea groups is 1. The van der Waals surface area contributed by atoms with Crippen LogP contribution in [0.2, 0.25) is 0 Å². The second-order valence-corrected chi connectivity index (χ2v) is 5.33. The predicted octanol–water partition coefficient (Wildman–Crippen LogP) is 3.66. The minimum absolute atomic E-state index is 0.0489. The number of carbonyl (C=O) groups is 2. The quantitative estimate of drug-likeness (QED) is 0.654. The topological polar surface area (TPSA) is 67.4 Å². The van der Waals surface area contributed by atoms with E-state index in [1.807, 2.05) is 32.0 Å². The Bertz CT molecular complexity index is 726. The number of aryl methyl sites for hydroxylation is 2. The van der Waals surface area contributed by atoms with Crippen molar-refractivity contribution in [3.05, 3.63) is 59.2 Å². The molecule has 0 bridgehead atoms. The summed E-state index contributed by atoms with van der Waals surface area (Å²) >= 11 is 0. The van der Waals surface area contributed by atoms with E-state index in [1.54, 1.807) is 24.3 Å². The fourth-order valence-electron chi connectivity index (χ4n) is 2.13. The molecule has 0 aromatic heterocycles. The molecule has 5 heteroatoms. The van der Waals surface area contributed by atoms with Crippen LogP contribution < -0.4 is 15.4 Å². The molecule has 0 atom stereocenters. The number of nitrogens with one attached hydrogen (secondary N) is 2. The van der Waals surface area contributed by atoms with Crippen molar-refractivity contribution in [1.29, 1.82) is 0 Å². The maximum Gasteiger partial charge on any atom is 0.321 e. The van der Waals surface area contributed by atoms with E-state index in [4.69, 9.17) is 4.74 Å². The molecule has 23 heavy (non-hydrogen) atoms. The number of ketones is 1. The molecule has 0 aliphatic carbocycles. The standard InChI is InChI=1S/C18H20N2O3/c1-12-7-8-17(13(2)9-12)23-11-19-18(22)20-16-6-4-5-15(10-16)14(3)21/h4-10H,11H2,1-3H3,(H2,19,20,22). The van der Waals surface area contributed by atoms with Gasteiger partial charge in [0.15, 0.2) is 12.5 Å². The zero-order chi connectivity index (χ0) is 16.8. The Morgan fingerprint density at radius 2 is 1.87 bits per heavy atom. The molecule has 2 aromatic rings. The number of rotatable bonds is 5. The summed E-state index contributed by atoms with van der Waals surface area (Å²) in [5.41, 5.74) is 3.28. The number of carbonyl (C=O) groups excluding carboxylic acids is 2. The summed E-state index contributed by atoms with van der Waals surface area (Å²) in [6.07, 6.45) is 0. The van der Waals surface area contributed by atoms with Gasteiger partial charge in [-0.3, -0.25) is 4.79 Å². The molecule has 0 heterocycles. The van der Waals surface area contributed by atoms with Crippen LogP contribution in [0.5, 0.6) is 5.75 Å². The third kappa shape index (κ3) is 4.85. The average Bonchev–Trinajstić information content (AvgIpc) is 2.49. The predicted molar refractivity (Wildman–Crippen MR) is 90.0 cm³/mol. The number of Topliss-reactive ketones (excluding diaryl/α,β-unsaturated/α-hetero) is 1. The van der Waals surface area contributed by atoms with Crippen LogP contribution in [0.15, 0.2) is 42.5 Å². The molecule has 120 valence electrons. The third-order valence-corrected chi connectivity index (χ3v) is 3.32. The lowest BCUT2D eigenvalue weighted by atomic mass is 10.1. The van der Waals surface area contributed by atoms with Crippen molar-refractivity contribution in [2.45, 2.75) is 20.8 Å². The normalized spacial score (nSPS) is 10.0. The van der Waals surface area contributed by atoms with Gasteiger partial charge in [-0.05, 0) is 44.5 Å². The van der Waals surface area contributed by atoms with Crippen LogP contribution in [-0.2, 0) is 0 Å². The van der Waals surface area contributed by atoms with Gasteiger partial charge in [0.25, 0.3) is 0 Å². The van der Waals surface area contributed by atoms with E-state index in [-0.39, 0.29) is 12.5 Å². The van der Waals surface area contributed by atoms with Gasteiger partial charge in [-0.1, -0.05) is 29.8 Å². The van der Waals surface area contributed by atoms with Crippen LogP contribution in [0, 0.1) is 13.8 Å². The highest BCUT2D eigenvalue weighted by Crippen LogP contribution is 2.18. The Labute approximate surface area is 135 Å². The van der Waals surface area contributed by atoms with Gasteiger partial charge in [-0.2, -0.15) is 0 Å². The van der Waals surface area contributed by atoms with Gasteiger partial charge in [-0.15, -0.1) is 0 Å². The van der Waals surface area contributed by atoms with Crippen LogP contribution in [0.25, 0.3) is 0 Å². The van der Waals surface area contributed by atoms with Gasteiger partial charge in [0.05, 0.1) is 0 Å². The Kier molecular flexibility index (Phi) is 5.36. The zero-order valence-corrected chi connectivity index (χ0v) is 13.5. The van der Waals surface area contributed by atoms with Crippen molar-refractivity contribution in [3.8, 4) is 5.75 Å². The Morgan fingerprint density at radius 3 is 2.57 bits per heavy atom. The first-order chi connectivity index (χ1) is 11.0. The molecule has 0 radical (unpaired) electrons. The van der Waals surface area contributed by atoms with E-state index in [2.05, 4.69) is 10.6 Å². The summed E-state index contributed by atoms with van der Waals surface area (Å²) < 4.78 is 5.54. The van der Waals surface area contributed by atoms with Gasteiger partial charge in [0, 0.05) is 11.3 Å². The van der Waals surface area contributed by atoms with Crippen LogP contribution in [0.4, 0.5) is 10.5 Å². The first-order valence-corrected chi connectivity index (χ1v) is 7.31. The first kappa shape index (κ1) is 16.5.